The van der Waals surface area contributed by atoms with Crippen LogP contribution in [0.4, 0.5) is 4.39 Å². The van der Waals surface area contributed by atoms with Crippen LogP contribution in [0.1, 0.15) is 26.6 Å². The van der Waals surface area contributed by atoms with Gasteiger partial charge in [-0.05, 0) is 34.1 Å². The van der Waals surface area contributed by atoms with Gasteiger partial charge in [0.1, 0.15) is 11.6 Å². The highest BCUT2D eigenvalue weighted by atomic mass is 127. The lowest BCUT2D eigenvalue weighted by atomic mass is 9.96. The maximum atomic E-state index is 13.8. The maximum Gasteiger partial charge on any atom is 0.138 e. The molecule has 2 nitrogen and oxygen atoms in total. The molecule has 1 aromatic carbocycles. The second-order valence-corrected chi connectivity index (χ2v) is 7.41. The molecule has 5 heteroatoms. The second kappa shape index (κ2) is 5.56. The summed E-state index contributed by atoms with van der Waals surface area (Å²) in [7, 11) is 0. The average Bonchev–Trinajstić information content (AvgIpc) is 2.57. The van der Waals surface area contributed by atoms with Crippen molar-refractivity contribution in [2.75, 3.05) is 5.88 Å². The van der Waals surface area contributed by atoms with Gasteiger partial charge in [-0.15, -0.1) is 11.6 Å². The zero-order valence-electron chi connectivity index (χ0n) is 11.3. The Morgan fingerprint density at radius 3 is 2.63 bits per heavy atom. The molecule has 0 atom stereocenters. The van der Waals surface area contributed by atoms with Crippen LogP contribution in [0.5, 0.6) is 0 Å². The third-order valence-electron chi connectivity index (χ3n) is 2.82. The van der Waals surface area contributed by atoms with Crippen molar-refractivity contribution in [2.45, 2.75) is 33.7 Å². The zero-order chi connectivity index (χ0) is 14.2. The molecular weight excluding hydrogens is 378 g/mol. The topological polar surface area (TPSA) is 17.8 Å². The first kappa shape index (κ1) is 15.0. The van der Waals surface area contributed by atoms with E-state index in [0.717, 1.165) is 23.4 Å². The molecule has 0 unspecified atom stereocenters. The number of aromatic nitrogens is 2. The van der Waals surface area contributed by atoms with Crippen LogP contribution in [0.2, 0.25) is 0 Å². The van der Waals surface area contributed by atoms with E-state index < -0.39 is 0 Å². The van der Waals surface area contributed by atoms with Gasteiger partial charge in [0, 0.05) is 24.9 Å². The van der Waals surface area contributed by atoms with E-state index in [-0.39, 0.29) is 11.2 Å². The number of hydrogen-bond acceptors (Lipinski definition) is 1. The van der Waals surface area contributed by atoms with Crippen LogP contribution in [0.25, 0.3) is 11.0 Å². The summed E-state index contributed by atoms with van der Waals surface area (Å²) in [6, 6.07) is 3.37. The molecule has 0 saturated heterocycles. The molecule has 0 bridgehead atoms. The number of hydrogen-bond donors (Lipinski definition) is 0. The Morgan fingerprint density at radius 2 is 2.05 bits per heavy atom. The molecule has 0 aliphatic rings. The van der Waals surface area contributed by atoms with E-state index in [9.17, 15) is 4.39 Å². The molecule has 0 fully saturated rings. The first-order valence-electron chi connectivity index (χ1n) is 6.22. The van der Waals surface area contributed by atoms with Gasteiger partial charge in [0.2, 0.25) is 0 Å². The Hall–Kier alpha value is -0.360. The van der Waals surface area contributed by atoms with Crippen LogP contribution in [-0.2, 0) is 13.0 Å². The van der Waals surface area contributed by atoms with E-state index >= 15 is 0 Å². The number of halogens is 3. The molecule has 2 rings (SSSR count). The highest BCUT2D eigenvalue weighted by molar-refractivity contribution is 14.1. The molecule has 104 valence electrons. The van der Waals surface area contributed by atoms with Crippen molar-refractivity contribution in [3.63, 3.8) is 0 Å². The minimum absolute atomic E-state index is 0.105. The highest BCUT2D eigenvalue weighted by Crippen LogP contribution is 2.26. The van der Waals surface area contributed by atoms with Crippen molar-refractivity contribution >= 4 is 45.2 Å². The first-order valence-corrected chi connectivity index (χ1v) is 7.83. The summed E-state index contributed by atoms with van der Waals surface area (Å²) in [6.07, 6.45) is 0.699. The predicted octanol–water partition coefficient (Wildman–Crippen LogP) is 4.61. The molecule has 0 spiro atoms. The Balaban J connectivity index is 2.62. The van der Waals surface area contributed by atoms with E-state index in [0.29, 0.717) is 15.9 Å². The Bertz CT molecular complexity index is 601. The summed E-state index contributed by atoms with van der Waals surface area (Å²) in [5.41, 5.74) is 1.80. The molecule has 0 radical (unpaired) electrons. The highest BCUT2D eigenvalue weighted by Gasteiger charge is 2.18. The largest absolute Gasteiger partial charge is 0.327 e. The number of alkyl halides is 1. The minimum atomic E-state index is -0.194. The molecule has 2 aromatic rings. The van der Waals surface area contributed by atoms with Gasteiger partial charge in [-0.25, -0.2) is 9.37 Å². The first-order chi connectivity index (χ1) is 8.81. The Kier molecular flexibility index (Phi) is 4.40. The number of imidazole rings is 1. The van der Waals surface area contributed by atoms with Gasteiger partial charge in [0.05, 0.1) is 14.6 Å². The standard InChI is InChI=1S/C14H17ClFIN2/c1-14(2,3)8-19-12-6-9(16)10(17)7-11(12)18-13(19)4-5-15/h6-7H,4-5,8H2,1-3H3. The molecule has 0 amide bonds. The number of aryl methyl sites for hydroxylation is 1. The monoisotopic (exact) mass is 394 g/mol. The van der Waals surface area contributed by atoms with Crippen LogP contribution in [-0.4, -0.2) is 15.4 Å². The fourth-order valence-electron chi connectivity index (χ4n) is 2.10. The SMILES string of the molecule is CC(C)(C)Cn1c(CCCl)nc2cc(I)c(F)cc21. The van der Waals surface area contributed by atoms with Crippen molar-refractivity contribution in [1.82, 2.24) is 9.55 Å². The molecule has 0 aliphatic carbocycles. The van der Waals surface area contributed by atoms with Crippen LogP contribution < -0.4 is 0 Å². The molecule has 19 heavy (non-hydrogen) atoms. The van der Waals surface area contributed by atoms with E-state index in [1.165, 1.54) is 0 Å². The van der Waals surface area contributed by atoms with Crippen LogP contribution in [0.15, 0.2) is 12.1 Å². The normalized spacial score (nSPS) is 12.3. The van der Waals surface area contributed by atoms with Crippen molar-refractivity contribution in [1.29, 1.82) is 0 Å². The quantitative estimate of drug-likeness (QED) is 0.549. The van der Waals surface area contributed by atoms with Crippen LogP contribution in [0, 0.1) is 14.8 Å². The summed E-state index contributed by atoms with van der Waals surface area (Å²) >= 11 is 7.83. The minimum Gasteiger partial charge on any atom is -0.327 e. The molecule has 0 N–H and O–H groups in total. The second-order valence-electron chi connectivity index (χ2n) is 5.87. The summed E-state index contributed by atoms with van der Waals surface area (Å²) < 4.78 is 16.5. The number of nitrogens with zero attached hydrogens (tertiary/aromatic N) is 2. The van der Waals surface area contributed by atoms with Crippen LogP contribution >= 0.6 is 34.2 Å². The molecule has 1 aromatic heterocycles. The van der Waals surface area contributed by atoms with Gasteiger partial charge in [0.25, 0.3) is 0 Å². The summed E-state index contributed by atoms with van der Waals surface area (Å²) in [5.74, 6) is 1.26. The van der Waals surface area contributed by atoms with Gasteiger partial charge in [-0.1, -0.05) is 20.8 Å². The lowest BCUT2D eigenvalue weighted by Gasteiger charge is -2.21. The van der Waals surface area contributed by atoms with Crippen molar-refractivity contribution in [2.24, 2.45) is 5.41 Å². The van der Waals surface area contributed by atoms with Gasteiger partial charge >= 0.3 is 0 Å². The van der Waals surface area contributed by atoms with Gasteiger partial charge in [0.15, 0.2) is 0 Å². The fraction of sp³-hybridized carbons (Fsp3) is 0.500. The predicted molar refractivity (Wildman–Crippen MR) is 86.3 cm³/mol. The number of benzene rings is 1. The van der Waals surface area contributed by atoms with E-state index in [4.69, 9.17) is 11.6 Å². The van der Waals surface area contributed by atoms with E-state index in [2.05, 4.69) is 30.3 Å². The fourth-order valence-corrected chi connectivity index (χ4v) is 2.72. The Morgan fingerprint density at radius 1 is 1.37 bits per heavy atom. The van der Waals surface area contributed by atoms with Gasteiger partial charge in [-0.2, -0.15) is 0 Å². The van der Waals surface area contributed by atoms with Gasteiger partial charge in [-0.3, -0.25) is 0 Å². The molecule has 1 heterocycles. The molecule has 0 saturated carbocycles. The van der Waals surface area contributed by atoms with Gasteiger partial charge < -0.3 is 4.57 Å². The van der Waals surface area contributed by atoms with Crippen molar-refractivity contribution in [3.05, 3.63) is 27.3 Å². The molecular formula is C14H17ClFIN2. The summed E-state index contributed by atoms with van der Waals surface area (Å²) in [6.45, 7) is 7.28. The maximum absolute atomic E-state index is 13.8. The van der Waals surface area contributed by atoms with Crippen molar-refractivity contribution in [3.8, 4) is 0 Å². The lowest BCUT2D eigenvalue weighted by molar-refractivity contribution is 0.343. The number of fused-ring (bicyclic) bond motifs is 1. The smallest absolute Gasteiger partial charge is 0.138 e. The lowest BCUT2D eigenvalue weighted by Crippen LogP contribution is -2.17. The van der Waals surface area contributed by atoms with Crippen molar-refractivity contribution < 1.29 is 4.39 Å². The van der Waals surface area contributed by atoms with Crippen LogP contribution in [0.3, 0.4) is 0 Å². The Labute approximate surface area is 131 Å². The number of rotatable bonds is 3. The third-order valence-corrected chi connectivity index (χ3v) is 3.84. The summed E-state index contributed by atoms with van der Waals surface area (Å²) in [5, 5.41) is 0. The molecule has 0 aliphatic heterocycles. The van der Waals surface area contributed by atoms with E-state index in [1.807, 2.05) is 22.6 Å². The zero-order valence-corrected chi connectivity index (χ0v) is 14.2. The average molecular weight is 395 g/mol. The summed E-state index contributed by atoms with van der Waals surface area (Å²) in [4.78, 5) is 4.60. The third kappa shape index (κ3) is 3.40. The van der Waals surface area contributed by atoms with E-state index in [1.54, 1.807) is 12.1 Å².